The monoisotopic (exact) mass is 291 g/mol. The molecular formula is C15H14ClNOS. The second-order valence-corrected chi connectivity index (χ2v) is 6.63. The Morgan fingerprint density at radius 3 is 2.68 bits per heavy atom. The molecule has 98 valence electrons. The SMILES string of the molecule is Cc1ccc2c(c1)C(Cl)c1ccccc1N(C)S2=O. The molecule has 2 atom stereocenters. The maximum atomic E-state index is 12.6. The fraction of sp³-hybridized carbons (Fsp3) is 0.200. The van der Waals surface area contributed by atoms with Crippen LogP contribution in [0.15, 0.2) is 47.4 Å². The predicted molar refractivity (Wildman–Crippen MR) is 80.1 cm³/mol. The maximum absolute atomic E-state index is 12.6. The minimum atomic E-state index is -1.22. The molecule has 0 fully saturated rings. The third kappa shape index (κ3) is 1.97. The number of hydrogen-bond acceptors (Lipinski definition) is 1. The van der Waals surface area contributed by atoms with Gasteiger partial charge in [-0.2, -0.15) is 0 Å². The van der Waals surface area contributed by atoms with Gasteiger partial charge in [-0.1, -0.05) is 35.9 Å². The van der Waals surface area contributed by atoms with Gasteiger partial charge in [0.2, 0.25) is 0 Å². The van der Waals surface area contributed by atoms with E-state index in [0.29, 0.717) is 0 Å². The van der Waals surface area contributed by atoms with Gasteiger partial charge in [-0.3, -0.25) is 4.31 Å². The van der Waals surface area contributed by atoms with Crippen LogP contribution in [0.25, 0.3) is 0 Å². The zero-order valence-corrected chi connectivity index (χ0v) is 12.3. The first-order valence-electron chi connectivity index (χ1n) is 6.09. The van der Waals surface area contributed by atoms with Crippen LogP contribution in [0.1, 0.15) is 22.1 Å². The number of fused-ring (bicyclic) bond motifs is 2. The average molecular weight is 292 g/mol. The lowest BCUT2D eigenvalue weighted by Crippen LogP contribution is -2.20. The van der Waals surface area contributed by atoms with Gasteiger partial charge in [-0.25, -0.2) is 4.21 Å². The molecule has 0 radical (unpaired) electrons. The number of para-hydroxylation sites is 1. The van der Waals surface area contributed by atoms with Crippen LogP contribution in [-0.2, 0) is 11.0 Å². The molecule has 4 heteroatoms. The quantitative estimate of drug-likeness (QED) is 0.676. The fourth-order valence-corrected chi connectivity index (χ4v) is 4.05. The zero-order chi connectivity index (χ0) is 13.6. The van der Waals surface area contributed by atoms with Crippen molar-refractivity contribution in [1.29, 1.82) is 0 Å². The Kier molecular flexibility index (Phi) is 3.11. The first kappa shape index (κ1) is 12.7. The van der Waals surface area contributed by atoms with Crippen molar-refractivity contribution in [3.8, 4) is 0 Å². The summed E-state index contributed by atoms with van der Waals surface area (Å²) < 4.78 is 14.4. The number of nitrogens with zero attached hydrogens (tertiary/aromatic N) is 1. The Morgan fingerprint density at radius 2 is 1.89 bits per heavy atom. The summed E-state index contributed by atoms with van der Waals surface area (Å²) in [6.07, 6.45) is 0. The minimum Gasteiger partial charge on any atom is -0.290 e. The highest BCUT2D eigenvalue weighted by Gasteiger charge is 2.28. The molecular weight excluding hydrogens is 278 g/mol. The van der Waals surface area contributed by atoms with E-state index in [1.165, 1.54) is 0 Å². The van der Waals surface area contributed by atoms with E-state index in [0.717, 1.165) is 27.3 Å². The number of aryl methyl sites for hydroxylation is 1. The number of halogens is 1. The van der Waals surface area contributed by atoms with Gasteiger partial charge in [0.05, 0.1) is 16.0 Å². The molecule has 2 aromatic carbocycles. The summed E-state index contributed by atoms with van der Waals surface area (Å²) in [4.78, 5) is 0.796. The molecule has 1 aliphatic rings. The second kappa shape index (κ2) is 4.66. The van der Waals surface area contributed by atoms with E-state index in [4.69, 9.17) is 11.6 Å². The van der Waals surface area contributed by atoms with Crippen molar-refractivity contribution in [3.05, 3.63) is 59.2 Å². The van der Waals surface area contributed by atoms with Gasteiger partial charge >= 0.3 is 0 Å². The number of alkyl halides is 1. The molecule has 0 saturated heterocycles. The highest BCUT2D eigenvalue weighted by Crippen LogP contribution is 2.42. The first-order valence-corrected chi connectivity index (χ1v) is 7.63. The second-order valence-electron chi connectivity index (χ2n) is 4.71. The largest absolute Gasteiger partial charge is 0.290 e. The lowest BCUT2D eigenvalue weighted by molar-refractivity contribution is 0.681. The lowest BCUT2D eigenvalue weighted by atomic mass is 10.0. The number of benzene rings is 2. The van der Waals surface area contributed by atoms with Crippen molar-refractivity contribution in [1.82, 2.24) is 0 Å². The summed E-state index contributed by atoms with van der Waals surface area (Å²) in [5.74, 6) is 0. The predicted octanol–water partition coefficient (Wildman–Crippen LogP) is 3.80. The average Bonchev–Trinajstić information content (AvgIpc) is 2.51. The molecule has 0 amide bonds. The Bertz CT molecular complexity index is 671. The standard InChI is InChI=1S/C15H14ClNOS/c1-10-7-8-14-12(9-10)15(16)11-5-3-4-6-13(11)17(2)19(14)18/h3-9,15H,1-2H3. The number of rotatable bonds is 0. The van der Waals surface area contributed by atoms with Gasteiger partial charge in [0, 0.05) is 7.05 Å². The van der Waals surface area contributed by atoms with E-state index in [9.17, 15) is 4.21 Å². The van der Waals surface area contributed by atoms with E-state index in [-0.39, 0.29) is 5.38 Å². The summed E-state index contributed by atoms with van der Waals surface area (Å²) in [6.45, 7) is 2.02. The molecule has 0 N–H and O–H groups in total. The van der Waals surface area contributed by atoms with Crippen molar-refractivity contribution >= 4 is 28.3 Å². The van der Waals surface area contributed by atoms with Crippen molar-refractivity contribution < 1.29 is 4.21 Å². The number of anilines is 1. The topological polar surface area (TPSA) is 20.3 Å². The van der Waals surface area contributed by atoms with Crippen molar-refractivity contribution in [2.45, 2.75) is 17.2 Å². The summed E-state index contributed by atoms with van der Waals surface area (Å²) in [6, 6.07) is 13.8. The van der Waals surface area contributed by atoms with Crippen LogP contribution in [0.5, 0.6) is 0 Å². The smallest absolute Gasteiger partial charge is 0.153 e. The molecule has 0 bridgehead atoms. The maximum Gasteiger partial charge on any atom is 0.153 e. The molecule has 1 heterocycles. The van der Waals surface area contributed by atoms with Crippen LogP contribution in [-0.4, -0.2) is 11.3 Å². The molecule has 2 aromatic rings. The zero-order valence-electron chi connectivity index (χ0n) is 10.8. The number of hydrogen-bond donors (Lipinski definition) is 0. The van der Waals surface area contributed by atoms with Crippen molar-refractivity contribution in [2.24, 2.45) is 0 Å². The van der Waals surface area contributed by atoms with E-state index < -0.39 is 11.0 Å². The summed E-state index contributed by atoms with van der Waals surface area (Å²) >= 11 is 6.62. The fourth-order valence-electron chi connectivity index (χ4n) is 2.42. The van der Waals surface area contributed by atoms with E-state index in [1.54, 1.807) is 4.31 Å². The highest BCUT2D eigenvalue weighted by atomic mass is 35.5. The molecule has 2 unspecified atom stereocenters. The van der Waals surface area contributed by atoms with Gasteiger partial charge in [0.1, 0.15) is 0 Å². The Labute approximate surface area is 120 Å². The summed E-state index contributed by atoms with van der Waals surface area (Å²) in [5, 5.41) is -0.264. The lowest BCUT2D eigenvalue weighted by Gasteiger charge is -2.18. The first-order chi connectivity index (χ1) is 9.09. The minimum absolute atomic E-state index is 0.264. The van der Waals surface area contributed by atoms with Crippen LogP contribution in [0.4, 0.5) is 5.69 Å². The van der Waals surface area contributed by atoms with Gasteiger partial charge < -0.3 is 0 Å². The Hall–Kier alpha value is -1.32. The van der Waals surface area contributed by atoms with Crippen LogP contribution < -0.4 is 4.31 Å². The molecule has 2 nitrogen and oxygen atoms in total. The molecule has 1 aliphatic heterocycles. The Balaban J connectivity index is 2.31. The Morgan fingerprint density at radius 1 is 1.16 bits per heavy atom. The van der Waals surface area contributed by atoms with Crippen LogP contribution in [0.3, 0.4) is 0 Å². The molecule has 0 saturated carbocycles. The molecule has 0 aromatic heterocycles. The molecule has 0 spiro atoms. The van der Waals surface area contributed by atoms with Crippen LogP contribution in [0, 0.1) is 6.92 Å². The molecule has 0 aliphatic carbocycles. The van der Waals surface area contributed by atoms with Crippen LogP contribution >= 0.6 is 11.6 Å². The van der Waals surface area contributed by atoms with E-state index >= 15 is 0 Å². The van der Waals surface area contributed by atoms with Gasteiger partial charge in [-0.05, 0) is 30.2 Å². The van der Waals surface area contributed by atoms with E-state index in [2.05, 4.69) is 0 Å². The summed E-state index contributed by atoms with van der Waals surface area (Å²) in [5.41, 5.74) is 4.00. The third-order valence-electron chi connectivity index (χ3n) is 3.42. The van der Waals surface area contributed by atoms with E-state index in [1.807, 2.05) is 56.4 Å². The third-order valence-corrected chi connectivity index (χ3v) is 5.34. The summed E-state index contributed by atoms with van der Waals surface area (Å²) in [7, 11) is 0.622. The van der Waals surface area contributed by atoms with Crippen molar-refractivity contribution in [3.63, 3.8) is 0 Å². The van der Waals surface area contributed by atoms with Gasteiger partial charge in [0.25, 0.3) is 0 Å². The highest BCUT2D eigenvalue weighted by molar-refractivity contribution is 7.86. The van der Waals surface area contributed by atoms with Gasteiger partial charge in [-0.15, -0.1) is 11.6 Å². The molecule has 3 rings (SSSR count). The normalized spacial score (nSPS) is 21.5. The molecule has 19 heavy (non-hydrogen) atoms. The van der Waals surface area contributed by atoms with Crippen LogP contribution in [0.2, 0.25) is 0 Å². The van der Waals surface area contributed by atoms with Crippen molar-refractivity contribution in [2.75, 3.05) is 11.4 Å². The van der Waals surface area contributed by atoms with Gasteiger partial charge in [0.15, 0.2) is 11.0 Å².